The molecule has 0 radical (unpaired) electrons. The number of rotatable bonds is 5. The Hall–Kier alpha value is -1.99. The van der Waals surface area contributed by atoms with Crippen molar-refractivity contribution in [3.8, 4) is 0 Å². The predicted octanol–water partition coefficient (Wildman–Crippen LogP) is 4.16. The molecule has 2 aliphatic heterocycles. The van der Waals surface area contributed by atoms with E-state index in [0.29, 0.717) is 37.6 Å². The minimum absolute atomic E-state index is 0.299. The molecule has 0 unspecified atom stereocenters. The Labute approximate surface area is 179 Å². The van der Waals surface area contributed by atoms with Crippen molar-refractivity contribution in [3.05, 3.63) is 71.3 Å². The van der Waals surface area contributed by atoms with Crippen molar-refractivity contribution in [2.24, 2.45) is 5.41 Å². The molecule has 1 saturated heterocycles. The van der Waals surface area contributed by atoms with E-state index in [-0.39, 0.29) is 6.29 Å². The standard InChI is InChI=1S/C24H29NO4S/c1-18-4-8-20(9-5-18)21-14-24(3,15-23-28-12-13-29-23)17-25(16-21)30(26,27)22-10-6-19(2)7-11-22/h4-11,14,23H,12-13,15-17H2,1-3H3/t24-/m1/s1. The quantitative estimate of drug-likeness (QED) is 0.719. The van der Waals surface area contributed by atoms with Crippen LogP contribution in [-0.4, -0.2) is 45.3 Å². The highest BCUT2D eigenvalue weighted by Crippen LogP contribution is 2.38. The van der Waals surface area contributed by atoms with Gasteiger partial charge in [0.25, 0.3) is 0 Å². The second kappa shape index (κ2) is 8.27. The molecule has 2 aromatic carbocycles. The molecule has 0 spiro atoms. The molecule has 0 aliphatic carbocycles. The van der Waals surface area contributed by atoms with Crippen LogP contribution in [0.1, 0.15) is 30.0 Å². The van der Waals surface area contributed by atoms with Gasteiger partial charge in [0.15, 0.2) is 6.29 Å². The summed E-state index contributed by atoms with van der Waals surface area (Å²) in [7, 11) is -3.62. The van der Waals surface area contributed by atoms with Crippen LogP contribution < -0.4 is 0 Å². The first-order valence-electron chi connectivity index (χ1n) is 10.3. The molecule has 0 N–H and O–H groups in total. The number of nitrogens with zero attached hydrogens (tertiary/aromatic N) is 1. The van der Waals surface area contributed by atoms with Gasteiger partial charge < -0.3 is 9.47 Å². The Morgan fingerprint density at radius 2 is 1.53 bits per heavy atom. The van der Waals surface area contributed by atoms with Crippen LogP contribution in [0.15, 0.2) is 59.5 Å². The molecular weight excluding hydrogens is 398 g/mol. The summed E-state index contributed by atoms with van der Waals surface area (Å²) in [6, 6.07) is 15.3. The van der Waals surface area contributed by atoms with E-state index in [0.717, 1.165) is 16.7 Å². The summed E-state index contributed by atoms with van der Waals surface area (Å²) in [5.41, 5.74) is 3.87. The maximum Gasteiger partial charge on any atom is 0.243 e. The number of hydrogen-bond donors (Lipinski definition) is 0. The van der Waals surface area contributed by atoms with E-state index in [1.165, 1.54) is 5.56 Å². The van der Waals surface area contributed by atoms with Gasteiger partial charge in [0.2, 0.25) is 10.0 Å². The summed E-state index contributed by atoms with van der Waals surface area (Å²) < 4.78 is 39.9. The smallest absolute Gasteiger partial charge is 0.243 e. The summed E-state index contributed by atoms with van der Waals surface area (Å²) in [5, 5.41) is 0. The summed E-state index contributed by atoms with van der Waals surface area (Å²) in [5.74, 6) is 0. The molecule has 160 valence electrons. The first-order valence-corrected chi connectivity index (χ1v) is 11.8. The van der Waals surface area contributed by atoms with Gasteiger partial charge in [-0.05, 0) is 37.1 Å². The van der Waals surface area contributed by atoms with E-state index in [4.69, 9.17) is 9.47 Å². The molecular formula is C24H29NO4S. The first-order chi connectivity index (χ1) is 14.2. The molecule has 6 heteroatoms. The largest absolute Gasteiger partial charge is 0.350 e. The molecule has 5 nitrogen and oxygen atoms in total. The van der Waals surface area contributed by atoms with E-state index in [2.05, 4.69) is 37.3 Å². The number of benzene rings is 2. The number of ether oxygens (including phenoxy) is 2. The van der Waals surface area contributed by atoms with Gasteiger partial charge in [-0.3, -0.25) is 0 Å². The third-order valence-electron chi connectivity index (χ3n) is 5.81. The molecule has 30 heavy (non-hydrogen) atoms. The molecule has 2 heterocycles. The summed E-state index contributed by atoms with van der Waals surface area (Å²) in [6.45, 7) is 7.99. The van der Waals surface area contributed by atoms with Gasteiger partial charge >= 0.3 is 0 Å². The van der Waals surface area contributed by atoms with Crippen LogP contribution in [-0.2, 0) is 19.5 Å². The van der Waals surface area contributed by atoms with Crippen molar-refractivity contribution in [2.45, 2.75) is 38.4 Å². The summed E-state index contributed by atoms with van der Waals surface area (Å²) in [6.07, 6.45) is 2.53. The van der Waals surface area contributed by atoms with E-state index in [1.807, 2.05) is 26.0 Å². The van der Waals surface area contributed by atoms with Crippen LogP contribution in [0.5, 0.6) is 0 Å². The van der Waals surface area contributed by atoms with E-state index < -0.39 is 15.4 Å². The Bertz CT molecular complexity index is 1020. The number of aryl methyl sites for hydroxylation is 2. The lowest BCUT2D eigenvalue weighted by Gasteiger charge is -2.39. The fourth-order valence-electron chi connectivity index (χ4n) is 4.16. The minimum atomic E-state index is -3.62. The lowest BCUT2D eigenvalue weighted by molar-refractivity contribution is -0.0658. The normalized spacial score (nSPS) is 23.5. The lowest BCUT2D eigenvalue weighted by atomic mass is 9.80. The summed E-state index contributed by atoms with van der Waals surface area (Å²) in [4.78, 5) is 0.328. The van der Waals surface area contributed by atoms with Gasteiger partial charge in [-0.25, -0.2) is 8.42 Å². The van der Waals surface area contributed by atoms with Crippen LogP contribution >= 0.6 is 0 Å². The monoisotopic (exact) mass is 427 g/mol. The van der Waals surface area contributed by atoms with Crippen molar-refractivity contribution in [1.29, 1.82) is 0 Å². The Kier molecular flexibility index (Phi) is 5.86. The van der Waals surface area contributed by atoms with Gasteiger partial charge in [-0.2, -0.15) is 4.31 Å². The summed E-state index contributed by atoms with van der Waals surface area (Å²) >= 11 is 0. The van der Waals surface area contributed by atoms with Crippen LogP contribution in [0.3, 0.4) is 0 Å². The van der Waals surface area contributed by atoms with Crippen molar-refractivity contribution in [2.75, 3.05) is 26.3 Å². The Morgan fingerprint density at radius 3 is 2.13 bits per heavy atom. The zero-order chi connectivity index (χ0) is 21.4. The van der Waals surface area contributed by atoms with Crippen molar-refractivity contribution in [1.82, 2.24) is 4.31 Å². The van der Waals surface area contributed by atoms with Crippen LogP contribution in [0.2, 0.25) is 0 Å². The predicted molar refractivity (Wildman–Crippen MR) is 118 cm³/mol. The van der Waals surface area contributed by atoms with E-state index >= 15 is 0 Å². The van der Waals surface area contributed by atoms with Gasteiger partial charge in [0.1, 0.15) is 0 Å². The SMILES string of the molecule is Cc1ccc(C2=C[C@](C)(CC3OCCO3)CN(S(=O)(=O)c3ccc(C)cc3)C2)cc1. The highest BCUT2D eigenvalue weighted by molar-refractivity contribution is 7.89. The molecule has 1 atom stereocenters. The average molecular weight is 428 g/mol. The fraction of sp³-hybridized carbons (Fsp3) is 0.417. The number of hydrogen-bond acceptors (Lipinski definition) is 4. The molecule has 0 saturated carbocycles. The third-order valence-corrected chi connectivity index (χ3v) is 7.62. The Balaban J connectivity index is 1.70. The maximum absolute atomic E-state index is 13.5. The highest BCUT2D eigenvalue weighted by Gasteiger charge is 2.39. The molecule has 2 aromatic rings. The first kappa shape index (κ1) is 21.2. The molecule has 0 amide bonds. The van der Waals surface area contributed by atoms with E-state index in [9.17, 15) is 8.42 Å². The molecule has 1 fully saturated rings. The number of sulfonamides is 1. The minimum Gasteiger partial charge on any atom is -0.350 e. The van der Waals surface area contributed by atoms with Gasteiger partial charge in [0, 0.05) is 24.9 Å². The Morgan fingerprint density at radius 1 is 0.967 bits per heavy atom. The van der Waals surface area contributed by atoms with Crippen molar-refractivity contribution < 1.29 is 17.9 Å². The molecule has 2 aliphatic rings. The van der Waals surface area contributed by atoms with Gasteiger partial charge in [-0.15, -0.1) is 0 Å². The van der Waals surface area contributed by atoms with Crippen LogP contribution in [0.25, 0.3) is 5.57 Å². The van der Waals surface area contributed by atoms with Gasteiger partial charge in [0.05, 0.1) is 18.1 Å². The average Bonchev–Trinajstić information content (AvgIpc) is 3.20. The van der Waals surface area contributed by atoms with Crippen molar-refractivity contribution in [3.63, 3.8) is 0 Å². The zero-order valence-corrected chi connectivity index (χ0v) is 18.6. The molecule has 0 bridgehead atoms. The lowest BCUT2D eigenvalue weighted by Crippen LogP contribution is -2.44. The highest BCUT2D eigenvalue weighted by atomic mass is 32.2. The second-order valence-corrected chi connectivity index (χ2v) is 10.6. The maximum atomic E-state index is 13.5. The fourth-order valence-corrected chi connectivity index (χ4v) is 5.71. The second-order valence-electron chi connectivity index (χ2n) is 8.65. The third kappa shape index (κ3) is 4.52. The molecule has 0 aromatic heterocycles. The van der Waals surface area contributed by atoms with E-state index in [1.54, 1.807) is 16.4 Å². The van der Waals surface area contributed by atoms with Crippen LogP contribution in [0, 0.1) is 19.3 Å². The molecule has 4 rings (SSSR count). The zero-order valence-electron chi connectivity index (χ0n) is 17.8. The van der Waals surface area contributed by atoms with Crippen LogP contribution in [0.4, 0.5) is 0 Å². The van der Waals surface area contributed by atoms with Gasteiger partial charge in [-0.1, -0.05) is 60.5 Å². The topological polar surface area (TPSA) is 55.8 Å². The van der Waals surface area contributed by atoms with Crippen molar-refractivity contribution >= 4 is 15.6 Å².